The van der Waals surface area contributed by atoms with Crippen LogP contribution in [0.25, 0.3) is 10.9 Å². The summed E-state index contributed by atoms with van der Waals surface area (Å²) in [4.78, 5) is 9.34. The summed E-state index contributed by atoms with van der Waals surface area (Å²) in [6.07, 6.45) is 1.88. The average Bonchev–Trinajstić information content (AvgIpc) is 2.58. The van der Waals surface area contributed by atoms with Gasteiger partial charge in [0, 0.05) is 22.7 Å². The second-order valence-corrected chi connectivity index (χ2v) is 6.66. The number of nitrogens with zero attached hydrogens (tertiary/aromatic N) is 2. The minimum Gasteiger partial charge on any atom is -0.287 e. The largest absolute Gasteiger partial charge is 0.287 e. The molecule has 0 unspecified atom stereocenters. The predicted molar refractivity (Wildman–Crippen MR) is 102 cm³/mol. The third-order valence-electron chi connectivity index (χ3n) is 3.44. The second kappa shape index (κ2) is 6.68. The van der Waals surface area contributed by atoms with E-state index in [1.54, 1.807) is 0 Å². The van der Waals surface area contributed by atoms with Crippen LogP contribution >= 0.6 is 0 Å². The van der Waals surface area contributed by atoms with Gasteiger partial charge in [-0.1, -0.05) is 42.3 Å². The molecule has 24 heavy (non-hydrogen) atoms. The number of fused-ring (bicyclic) bond motifs is 1. The number of pyridine rings is 1. The van der Waals surface area contributed by atoms with Gasteiger partial charge in [-0.25, -0.2) is 4.98 Å². The number of para-hydroxylation sites is 1. The maximum absolute atomic E-state index is 4.73. The summed E-state index contributed by atoms with van der Waals surface area (Å²) < 4.78 is 0. The fraction of sp³-hybridized carbons (Fsp3) is 0.182. The van der Waals surface area contributed by atoms with Crippen LogP contribution in [0.4, 0.5) is 0 Å². The number of hydrogen-bond donors (Lipinski definition) is 0. The van der Waals surface area contributed by atoms with Crippen molar-refractivity contribution in [3.05, 3.63) is 77.5 Å². The first-order valence-electron chi connectivity index (χ1n) is 8.03. The zero-order valence-corrected chi connectivity index (χ0v) is 14.2. The van der Waals surface area contributed by atoms with Crippen molar-refractivity contribution in [3.63, 3.8) is 0 Å². The molecule has 0 amide bonds. The molecular weight excluding hydrogens is 292 g/mol. The molecule has 0 bridgehead atoms. The molecule has 0 saturated carbocycles. The zero-order valence-electron chi connectivity index (χ0n) is 14.2. The number of hydrogen-bond acceptors (Lipinski definition) is 2. The Kier molecular flexibility index (Phi) is 4.44. The predicted octanol–water partition coefficient (Wildman–Crippen LogP) is 4.85. The van der Waals surface area contributed by atoms with Crippen LogP contribution in [0.15, 0.2) is 65.7 Å². The van der Waals surface area contributed by atoms with E-state index in [1.807, 2.05) is 54.7 Å². The molecule has 2 aromatic carbocycles. The lowest BCUT2D eigenvalue weighted by Crippen LogP contribution is -2.10. The van der Waals surface area contributed by atoms with E-state index >= 15 is 0 Å². The highest BCUT2D eigenvalue weighted by Crippen LogP contribution is 2.16. The van der Waals surface area contributed by atoms with E-state index in [9.17, 15) is 0 Å². The highest BCUT2D eigenvalue weighted by atomic mass is 14.8. The van der Waals surface area contributed by atoms with Gasteiger partial charge >= 0.3 is 0 Å². The fourth-order valence-corrected chi connectivity index (χ4v) is 2.25. The Morgan fingerprint density at radius 1 is 0.917 bits per heavy atom. The topological polar surface area (TPSA) is 25.2 Å². The van der Waals surface area contributed by atoms with Crippen LogP contribution in [0.1, 0.15) is 37.6 Å². The molecule has 0 aliphatic rings. The molecule has 0 saturated heterocycles. The van der Waals surface area contributed by atoms with Gasteiger partial charge in [-0.3, -0.25) is 4.99 Å². The van der Waals surface area contributed by atoms with E-state index in [0.717, 1.165) is 27.7 Å². The Balaban J connectivity index is 2.10. The minimum absolute atomic E-state index is 0.129. The first-order valence-corrected chi connectivity index (χ1v) is 8.03. The average molecular weight is 312 g/mol. The Hall–Kier alpha value is -2.92. The maximum Gasteiger partial charge on any atom is 0.123 e. The Bertz CT molecular complexity index is 936. The van der Waals surface area contributed by atoms with E-state index in [4.69, 9.17) is 4.98 Å². The Morgan fingerprint density at radius 3 is 2.38 bits per heavy atom. The zero-order chi connectivity index (χ0) is 17.0. The minimum atomic E-state index is -0.129. The lowest BCUT2D eigenvalue weighted by atomic mass is 10.1. The van der Waals surface area contributed by atoms with Gasteiger partial charge in [0.2, 0.25) is 0 Å². The number of benzene rings is 2. The van der Waals surface area contributed by atoms with Gasteiger partial charge in [-0.05, 0) is 51.0 Å². The molecule has 0 aliphatic carbocycles. The van der Waals surface area contributed by atoms with Crippen molar-refractivity contribution in [2.75, 3.05) is 0 Å². The molecule has 1 aromatic heterocycles. The number of aromatic nitrogens is 1. The Morgan fingerprint density at radius 2 is 1.62 bits per heavy atom. The molecule has 0 atom stereocenters. The first kappa shape index (κ1) is 16.0. The summed E-state index contributed by atoms with van der Waals surface area (Å²) in [5, 5.41) is 1.10. The summed E-state index contributed by atoms with van der Waals surface area (Å²) in [6, 6.07) is 20.1. The van der Waals surface area contributed by atoms with E-state index in [2.05, 4.69) is 49.7 Å². The molecule has 0 spiro atoms. The van der Waals surface area contributed by atoms with Crippen molar-refractivity contribution in [1.29, 1.82) is 0 Å². The number of aliphatic imine (C=N–C) groups is 1. The van der Waals surface area contributed by atoms with Gasteiger partial charge < -0.3 is 0 Å². The highest BCUT2D eigenvalue weighted by Gasteiger charge is 2.07. The molecule has 0 radical (unpaired) electrons. The summed E-state index contributed by atoms with van der Waals surface area (Å²) in [6.45, 7) is 6.23. The van der Waals surface area contributed by atoms with Crippen LogP contribution in [0.5, 0.6) is 0 Å². The van der Waals surface area contributed by atoms with Gasteiger partial charge in [0.05, 0.1) is 11.1 Å². The van der Waals surface area contributed by atoms with Crippen molar-refractivity contribution < 1.29 is 0 Å². The van der Waals surface area contributed by atoms with Crippen molar-refractivity contribution in [1.82, 2.24) is 4.98 Å². The van der Waals surface area contributed by atoms with Gasteiger partial charge in [0.15, 0.2) is 0 Å². The van der Waals surface area contributed by atoms with Crippen molar-refractivity contribution in [2.45, 2.75) is 26.3 Å². The van der Waals surface area contributed by atoms with Gasteiger partial charge in [0.25, 0.3) is 0 Å². The van der Waals surface area contributed by atoms with Gasteiger partial charge in [0.1, 0.15) is 5.69 Å². The summed E-state index contributed by atoms with van der Waals surface area (Å²) in [7, 11) is 0. The van der Waals surface area contributed by atoms with E-state index in [0.29, 0.717) is 0 Å². The SMILES string of the molecule is CC(C)(C)N=Cc1cc2ccccc2nc1C#Cc1ccccc1. The highest BCUT2D eigenvalue weighted by molar-refractivity contribution is 5.90. The third-order valence-corrected chi connectivity index (χ3v) is 3.44. The molecule has 0 aliphatic heterocycles. The van der Waals surface area contributed by atoms with Crippen LogP contribution < -0.4 is 0 Å². The lowest BCUT2D eigenvalue weighted by Gasteiger charge is -2.11. The molecule has 0 N–H and O–H groups in total. The maximum atomic E-state index is 4.73. The summed E-state index contributed by atoms with van der Waals surface area (Å²) in [5.74, 6) is 6.39. The molecule has 2 heteroatoms. The van der Waals surface area contributed by atoms with Crippen LogP contribution in [0.3, 0.4) is 0 Å². The molecule has 2 nitrogen and oxygen atoms in total. The summed E-state index contributed by atoms with van der Waals surface area (Å²) >= 11 is 0. The summed E-state index contributed by atoms with van der Waals surface area (Å²) in [5.41, 5.74) is 3.50. The van der Waals surface area contributed by atoms with E-state index in [1.165, 1.54) is 0 Å². The van der Waals surface area contributed by atoms with Crippen LogP contribution in [0, 0.1) is 11.8 Å². The molecular formula is C22H20N2. The molecule has 118 valence electrons. The molecule has 3 aromatic rings. The third kappa shape index (κ3) is 4.08. The smallest absolute Gasteiger partial charge is 0.123 e. The molecule has 0 fully saturated rings. The first-order chi connectivity index (χ1) is 11.5. The van der Waals surface area contributed by atoms with Crippen LogP contribution in [-0.2, 0) is 0 Å². The number of rotatable bonds is 1. The second-order valence-electron chi connectivity index (χ2n) is 6.66. The standard InChI is InChI=1S/C22H20N2/c1-22(2,3)23-16-19-15-18-11-7-8-12-20(18)24-21(19)14-13-17-9-5-4-6-10-17/h4-12,15-16H,1-3H3. The van der Waals surface area contributed by atoms with Gasteiger partial charge in [-0.15, -0.1) is 0 Å². The van der Waals surface area contributed by atoms with Crippen LogP contribution in [-0.4, -0.2) is 16.7 Å². The Labute approximate surface area is 143 Å². The van der Waals surface area contributed by atoms with Crippen molar-refractivity contribution >= 4 is 17.1 Å². The fourth-order valence-electron chi connectivity index (χ4n) is 2.25. The lowest BCUT2D eigenvalue weighted by molar-refractivity contribution is 0.586. The quantitative estimate of drug-likeness (QED) is 0.466. The van der Waals surface area contributed by atoms with E-state index in [-0.39, 0.29) is 5.54 Å². The normalized spacial score (nSPS) is 11.5. The van der Waals surface area contributed by atoms with Crippen molar-refractivity contribution in [3.8, 4) is 11.8 Å². The van der Waals surface area contributed by atoms with Crippen LogP contribution in [0.2, 0.25) is 0 Å². The molecule has 3 rings (SSSR count). The van der Waals surface area contributed by atoms with Crippen molar-refractivity contribution in [2.24, 2.45) is 4.99 Å². The van der Waals surface area contributed by atoms with E-state index < -0.39 is 0 Å². The monoisotopic (exact) mass is 312 g/mol. The van der Waals surface area contributed by atoms with Gasteiger partial charge in [-0.2, -0.15) is 0 Å². The molecule has 1 heterocycles.